The lowest BCUT2D eigenvalue weighted by Crippen LogP contribution is -2.29. The molecular weight excluding hydrogens is 436 g/mol. The number of furan rings is 1. The van der Waals surface area contributed by atoms with Crippen molar-refractivity contribution in [2.45, 2.75) is 12.6 Å². The second-order valence-corrected chi connectivity index (χ2v) is 8.24. The monoisotopic (exact) mass is 460 g/mol. The fourth-order valence-electron chi connectivity index (χ4n) is 4.43. The lowest BCUT2D eigenvalue weighted by atomic mass is 9.94. The molecule has 8 nitrogen and oxygen atoms in total. The first-order valence-corrected chi connectivity index (χ1v) is 10.9. The first-order chi connectivity index (χ1) is 16.5. The highest BCUT2D eigenvalue weighted by molar-refractivity contribution is 6.46. The van der Waals surface area contributed by atoms with E-state index in [1.165, 1.54) is 11.2 Å². The maximum atomic E-state index is 13.2. The van der Waals surface area contributed by atoms with Gasteiger partial charge in [-0.1, -0.05) is 12.1 Å². The van der Waals surface area contributed by atoms with Gasteiger partial charge in [0, 0.05) is 12.6 Å². The maximum absolute atomic E-state index is 13.2. The molecule has 2 aliphatic heterocycles. The molecule has 8 heteroatoms. The van der Waals surface area contributed by atoms with Crippen molar-refractivity contribution in [2.24, 2.45) is 0 Å². The molecule has 0 spiro atoms. The topological polar surface area (TPSA) is 92.5 Å². The number of hydrogen-bond acceptors (Lipinski definition) is 7. The van der Waals surface area contributed by atoms with Crippen molar-refractivity contribution in [3.8, 4) is 11.5 Å². The Kier molecular flexibility index (Phi) is 5.49. The molecule has 1 amide bonds. The summed E-state index contributed by atoms with van der Waals surface area (Å²) < 4.78 is 16.5. The van der Waals surface area contributed by atoms with E-state index >= 15 is 0 Å². The number of nitrogens with zero attached hydrogens (tertiary/aromatic N) is 2. The summed E-state index contributed by atoms with van der Waals surface area (Å²) >= 11 is 0. The minimum absolute atomic E-state index is 0.0177. The van der Waals surface area contributed by atoms with Crippen LogP contribution < -0.4 is 14.4 Å². The van der Waals surface area contributed by atoms with E-state index in [0.717, 1.165) is 5.69 Å². The molecule has 0 radical (unpaired) electrons. The fraction of sp³-hybridized carbons (Fsp3) is 0.231. The van der Waals surface area contributed by atoms with Gasteiger partial charge in [0.1, 0.15) is 29.6 Å². The fourth-order valence-corrected chi connectivity index (χ4v) is 4.43. The third-order valence-electron chi connectivity index (χ3n) is 6.18. The summed E-state index contributed by atoms with van der Waals surface area (Å²) in [5.74, 6) is 0.113. The van der Waals surface area contributed by atoms with E-state index in [2.05, 4.69) is 0 Å². The van der Waals surface area contributed by atoms with Crippen LogP contribution in [0.2, 0.25) is 0 Å². The Balaban J connectivity index is 1.65. The van der Waals surface area contributed by atoms with Gasteiger partial charge in [0.05, 0.1) is 43.8 Å². The molecule has 1 unspecified atom stereocenters. The number of fused-ring (bicyclic) bond motifs is 1. The Labute approximate surface area is 196 Å². The van der Waals surface area contributed by atoms with Gasteiger partial charge >= 0.3 is 0 Å². The van der Waals surface area contributed by atoms with Crippen LogP contribution in [-0.4, -0.2) is 49.0 Å². The molecule has 1 N–H and O–H groups in total. The third kappa shape index (κ3) is 3.67. The van der Waals surface area contributed by atoms with E-state index in [0.29, 0.717) is 41.5 Å². The average molecular weight is 460 g/mol. The van der Waals surface area contributed by atoms with Gasteiger partial charge in [0.25, 0.3) is 11.7 Å². The molecule has 3 aromatic rings. The zero-order chi connectivity index (χ0) is 23.8. The van der Waals surface area contributed by atoms with Crippen molar-refractivity contribution in [1.29, 1.82) is 0 Å². The standard InChI is InChI=1S/C26H24N2O6/c1-27-10-12-34-21-9-8-17(14-20(21)27)24(29)22-23(16-5-3-6-18(13-16)32-2)28(26(31)25(22)30)15-19-7-4-11-33-19/h3-9,11,13-14,23,29H,10,12,15H2,1-2H3/b24-22-. The van der Waals surface area contributed by atoms with Crippen LogP contribution in [0.4, 0.5) is 5.69 Å². The van der Waals surface area contributed by atoms with Gasteiger partial charge in [-0.05, 0) is 48.0 Å². The van der Waals surface area contributed by atoms with Crippen molar-refractivity contribution in [3.63, 3.8) is 0 Å². The third-order valence-corrected chi connectivity index (χ3v) is 6.18. The van der Waals surface area contributed by atoms with Crippen LogP contribution in [0.15, 0.2) is 70.9 Å². The van der Waals surface area contributed by atoms with Crippen LogP contribution in [-0.2, 0) is 16.1 Å². The molecule has 5 rings (SSSR count). The Morgan fingerprint density at radius 1 is 1.15 bits per heavy atom. The molecule has 0 saturated carbocycles. The Bertz CT molecular complexity index is 1280. The minimum Gasteiger partial charge on any atom is -0.507 e. The summed E-state index contributed by atoms with van der Waals surface area (Å²) in [7, 11) is 3.48. The van der Waals surface area contributed by atoms with E-state index in [4.69, 9.17) is 13.9 Å². The quantitative estimate of drug-likeness (QED) is 0.352. The molecule has 3 heterocycles. The van der Waals surface area contributed by atoms with Gasteiger partial charge in [0.15, 0.2) is 0 Å². The highest BCUT2D eigenvalue weighted by Gasteiger charge is 2.46. The number of hydrogen-bond donors (Lipinski definition) is 1. The second-order valence-electron chi connectivity index (χ2n) is 8.24. The first kappa shape index (κ1) is 21.6. The number of carbonyl (C=O) groups is 2. The number of benzene rings is 2. The number of likely N-dealkylation sites (tertiary alicyclic amines) is 1. The van der Waals surface area contributed by atoms with Gasteiger partial charge < -0.3 is 28.8 Å². The van der Waals surface area contributed by atoms with Gasteiger partial charge in [0.2, 0.25) is 0 Å². The van der Waals surface area contributed by atoms with Crippen LogP contribution in [0.25, 0.3) is 5.76 Å². The SMILES string of the molecule is COc1cccc(C2/C(=C(/O)c3ccc4c(c3)N(C)CCO4)C(=O)C(=O)N2Cc2ccco2)c1. The van der Waals surface area contributed by atoms with Crippen LogP contribution in [0.3, 0.4) is 0 Å². The molecular formula is C26H24N2O6. The van der Waals surface area contributed by atoms with Gasteiger partial charge in [-0.3, -0.25) is 9.59 Å². The van der Waals surface area contributed by atoms with E-state index in [1.807, 2.05) is 11.9 Å². The number of ether oxygens (including phenoxy) is 2. The molecule has 0 bridgehead atoms. The average Bonchev–Trinajstić information content (AvgIpc) is 3.46. The summed E-state index contributed by atoms with van der Waals surface area (Å²) in [5, 5.41) is 11.4. The molecule has 1 atom stereocenters. The van der Waals surface area contributed by atoms with E-state index < -0.39 is 17.7 Å². The predicted octanol–water partition coefficient (Wildman–Crippen LogP) is 3.74. The largest absolute Gasteiger partial charge is 0.507 e. The maximum Gasteiger partial charge on any atom is 0.296 e. The molecule has 2 aromatic carbocycles. The predicted molar refractivity (Wildman–Crippen MR) is 125 cm³/mol. The Hall–Kier alpha value is -4.20. The molecule has 1 fully saturated rings. The van der Waals surface area contributed by atoms with Crippen molar-refractivity contribution >= 4 is 23.1 Å². The summed E-state index contributed by atoms with van der Waals surface area (Å²) in [6.45, 7) is 1.36. The summed E-state index contributed by atoms with van der Waals surface area (Å²) in [6, 6.07) is 15.0. The molecule has 2 aliphatic rings. The van der Waals surface area contributed by atoms with Crippen molar-refractivity contribution in [3.05, 3.63) is 83.3 Å². The number of anilines is 1. The van der Waals surface area contributed by atoms with Gasteiger partial charge in [-0.15, -0.1) is 0 Å². The normalized spacial score (nSPS) is 19.2. The number of likely N-dealkylation sites (N-methyl/N-ethyl adjacent to an activating group) is 1. The lowest BCUT2D eigenvalue weighted by Gasteiger charge is -2.28. The van der Waals surface area contributed by atoms with Crippen molar-refractivity contribution in [1.82, 2.24) is 4.90 Å². The molecule has 1 aromatic heterocycles. The van der Waals surface area contributed by atoms with Crippen LogP contribution in [0.1, 0.15) is 22.9 Å². The van der Waals surface area contributed by atoms with Crippen LogP contribution >= 0.6 is 0 Å². The first-order valence-electron chi connectivity index (χ1n) is 10.9. The van der Waals surface area contributed by atoms with Crippen LogP contribution in [0.5, 0.6) is 11.5 Å². The van der Waals surface area contributed by atoms with Gasteiger partial charge in [-0.2, -0.15) is 0 Å². The number of carbonyl (C=O) groups excluding carboxylic acids is 2. The number of amides is 1. The zero-order valence-electron chi connectivity index (χ0n) is 18.9. The van der Waals surface area contributed by atoms with E-state index in [-0.39, 0.29) is 17.9 Å². The molecule has 174 valence electrons. The summed E-state index contributed by atoms with van der Waals surface area (Å²) in [6.07, 6.45) is 1.51. The minimum atomic E-state index is -0.815. The number of ketones is 1. The highest BCUT2D eigenvalue weighted by Crippen LogP contribution is 2.42. The summed E-state index contributed by atoms with van der Waals surface area (Å²) in [5.41, 5.74) is 1.90. The van der Waals surface area contributed by atoms with Crippen molar-refractivity contribution in [2.75, 3.05) is 32.2 Å². The van der Waals surface area contributed by atoms with E-state index in [9.17, 15) is 14.7 Å². The highest BCUT2D eigenvalue weighted by atomic mass is 16.5. The lowest BCUT2D eigenvalue weighted by molar-refractivity contribution is -0.140. The zero-order valence-corrected chi connectivity index (χ0v) is 18.9. The number of rotatable bonds is 5. The smallest absolute Gasteiger partial charge is 0.296 e. The molecule has 0 aliphatic carbocycles. The number of aliphatic hydroxyl groups is 1. The Morgan fingerprint density at radius 3 is 2.76 bits per heavy atom. The molecule has 1 saturated heterocycles. The number of aliphatic hydroxyl groups excluding tert-OH is 1. The van der Waals surface area contributed by atoms with Crippen LogP contribution in [0, 0.1) is 0 Å². The van der Waals surface area contributed by atoms with Gasteiger partial charge in [-0.25, -0.2) is 0 Å². The van der Waals surface area contributed by atoms with E-state index in [1.54, 1.807) is 61.7 Å². The number of methoxy groups -OCH3 is 1. The Morgan fingerprint density at radius 2 is 2.00 bits per heavy atom. The van der Waals surface area contributed by atoms with Crippen molar-refractivity contribution < 1.29 is 28.6 Å². The second kappa shape index (κ2) is 8.62. The number of Topliss-reactive ketones (excluding diaryl/α,β-unsaturated/α-hetero) is 1. The molecule has 34 heavy (non-hydrogen) atoms. The summed E-state index contributed by atoms with van der Waals surface area (Å²) in [4.78, 5) is 29.8.